The molecule has 0 aromatic rings. The maximum Gasteiger partial charge on any atom is 0.186 e. The van der Waals surface area contributed by atoms with Crippen LogP contribution in [0.1, 0.15) is 119 Å². The smallest absolute Gasteiger partial charge is 0.186 e. The van der Waals surface area contributed by atoms with Gasteiger partial charge in [0.15, 0.2) is 18.9 Å². The van der Waals surface area contributed by atoms with E-state index < -0.39 is 139 Å². The third kappa shape index (κ3) is 10.2. The van der Waals surface area contributed by atoms with Gasteiger partial charge in [0.2, 0.25) is 0 Å². The molecule has 3 saturated heterocycles. The summed E-state index contributed by atoms with van der Waals surface area (Å²) in [5, 5.41) is 130. The van der Waals surface area contributed by atoms with Gasteiger partial charge in [-0.1, -0.05) is 46.3 Å². The maximum atomic E-state index is 14.2. The highest BCUT2D eigenvalue weighted by molar-refractivity contribution is 5.62. The molecular formula is C53H88O20. The first-order valence-electron chi connectivity index (χ1n) is 27.0. The number of hydrogen-bond acceptors (Lipinski definition) is 20. The van der Waals surface area contributed by atoms with E-state index in [4.69, 9.17) is 33.2 Å². The maximum absolute atomic E-state index is 14.2. The zero-order valence-electron chi connectivity index (χ0n) is 43.7. The fourth-order valence-corrected chi connectivity index (χ4v) is 15.9. The van der Waals surface area contributed by atoms with Crippen molar-refractivity contribution in [1.29, 1.82) is 0 Å². The molecule has 0 spiro atoms. The largest absolute Gasteiger partial charge is 0.394 e. The molecule has 0 radical (unpaired) electrons. The molecule has 27 atom stereocenters. The molecule has 8 rings (SSSR count). The van der Waals surface area contributed by atoms with Crippen molar-refractivity contribution in [2.24, 2.45) is 51.2 Å². The summed E-state index contributed by atoms with van der Waals surface area (Å²) < 4.78 is 43.3. The van der Waals surface area contributed by atoms with Crippen LogP contribution in [0.15, 0.2) is 11.6 Å². The minimum absolute atomic E-state index is 0.0112. The lowest BCUT2D eigenvalue weighted by molar-refractivity contribution is -0.360. The van der Waals surface area contributed by atoms with Crippen LogP contribution in [0.25, 0.3) is 0 Å². The van der Waals surface area contributed by atoms with Crippen LogP contribution in [-0.4, -0.2) is 210 Å². The average molecular weight is 1050 g/mol. The molecule has 73 heavy (non-hydrogen) atoms. The highest BCUT2D eigenvalue weighted by atomic mass is 16.7. The van der Waals surface area contributed by atoms with E-state index in [2.05, 4.69) is 33.8 Å². The van der Waals surface area contributed by atoms with E-state index >= 15 is 0 Å². The first kappa shape index (κ1) is 57.8. The van der Waals surface area contributed by atoms with Gasteiger partial charge in [-0.3, -0.25) is 0 Å². The summed E-state index contributed by atoms with van der Waals surface area (Å²) in [7, 11) is 0. The lowest BCUT2D eigenvalue weighted by Gasteiger charge is -2.69. The van der Waals surface area contributed by atoms with E-state index in [1.54, 1.807) is 6.92 Å². The Balaban J connectivity index is 1.03. The number of aldehydes is 1. The Hall–Kier alpha value is -1.35. The number of carbonyl (C=O) groups excluding carboxylic acids is 1. The van der Waals surface area contributed by atoms with Crippen LogP contribution in [0.5, 0.6) is 0 Å². The molecule has 0 amide bonds. The Kier molecular flexibility index (Phi) is 17.5. The summed E-state index contributed by atoms with van der Waals surface area (Å²) in [5.41, 5.74) is -2.27. The molecule has 3 aliphatic heterocycles. The minimum Gasteiger partial charge on any atom is -0.394 e. The fraction of sp³-hybridized carbons (Fsp3) is 0.943. The van der Waals surface area contributed by atoms with Gasteiger partial charge in [-0.2, -0.15) is 0 Å². The Morgan fingerprint density at radius 3 is 2.01 bits per heavy atom. The lowest BCUT2D eigenvalue weighted by atomic mass is 9.35. The van der Waals surface area contributed by atoms with Crippen LogP contribution in [0.4, 0.5) is 0 Å². The van der Waals surface area contributed by atoms with Crippen molar-refractivity contribution in [3.8, 4) is 0 Å². The number of aliphatic hydroxyl groups is 12. The molecule has 0 aromatic carbocycles. The predicted molar refractivity (Wildman–Crippen MR) is 256 cm³/mol. The molecule has 0 aromatic heterocycles. The second kappa shape index (κ2) is 22.1. The minimum atomic E-state index is -1.70. The number of aliphatic hydroxyl groups excluding tert-OH is 11. The van der Waals surface area contributed by atoms with Crippen molar-refractivity contribution in [3.05, 3.63) is 11.6 Å². The van der Waals surface area contributed by atoms with E-state index in [1.807, 2.05) is 13.8 Å². The number of hydrogen-bond donors (Lipinski definition) is 12. The van der Waals surface area contributed by atoms with Gasteiger partial charge in [0.1, 0.15) is 79.5 Å². The van der Waals surface area contributed by atoms with Crippen molar-refractivity contribution < 1.29 is 99.2 Å². The average Bonchev–Trinajstić information content (AvgIpc) is 3.72. The van der Waals surface area contributed by atoms with Crippen molar-refractivity contribution >= 4 is 6.29 Å². The van der Waals surface area contributed by atoms with E-state index in [1.165, 1.54) is 6.29 Å². The summed E-state index contributed by atoms with van der Waals surface area (Å²) in [6.45, 7) is 13.1. The van der Waals surface area contributed by atoms with Gasteiger partial charge in [0, 0.05) is 5.41 Å². The second-order valence-electron chi connectivity index (χ2n) is 24.9. The third-order valence-electron chi connectivity index (χ3n) is 20.4. The van der Waals surface area contributed by atoms with Crippen molar-refractivity contribution in [1.82, 2.24) is 0 Å². The molecule has 420 valence electrons. The SMILES string of the molecule is CC(C)=CCCC(O)(COC1OC(CO)C(O)C(O)C1O)C1CCC2(C)C1CCC1C3(C=O)CCC(OC4OCC(O)C(OC5OCC(O)C(O)C5O)C4OC4CC(C)C(O)C(O)C4O)C(C)(C)C3CCC12C. The van der Waals surface area contributed by atoms with Gasteiger partial charge in [-0.15, -0.1) is 0 Å². The lowest BCUT2D eigenvalue weighted by Crippen LogP contribution is -2.67. The predicted octanol–water partition coefficient (Wildman–Crippen LogP) is -0.0526. The van der Waals surface area contributed by atoms with Gasteiger partial charge in [-0.25, -0.2) is 0 Å². The van der Waals surface area contributed by atoms with Gasteiger partial charge in [0.25, 0.3) is 0 Å². The summed E-state index contributed by atoms with van der Waals surface area (Å²) in [6.07, 6.45) is -15.0. The number of allylic oxidation sites excluding steroid dienone is 2. The monoisotopic (exact) mass is 1040 g/mol. The normalized spacial score (nSPS) is 51.7. The zero-order chi connectivity index (χ0) is 53.3. The molecule has 5 saturated carbocycles. The Morgan fingerprint density at radius 2 is 1.33 bits per heavy atom. The van der Waals surface area contributed by atoms with E-state index in [0.717, 1.165) is 31.3 Å². The van der Waals surface area contributed by atoms with Crippen LogP contribution in [0.3, 0.4) is 0 Å². The topological polar surface area (TPSA) is 324 Å². The van der Waals surface area contributed by atoms with Crippen LogP contribution in [-0.2, 0) is 38.0 Å². The van der Waals surface area contributed by atoms with E-state index in [0.29, 0.717) is 38.5 Å². The molecule has 27 unspecified atom stereocenters. The van der Waals surface area contributed by atoms with Crippen LogP contribution >= 0.6 is 0 Å². The van der Waals surface area contributed by atoms with Gasteiger partial charge >= 0.3 is 0 Å². The summed E-state index contributed by atoms with van der Waals surface area (Å²) in [6, 6.07) is 0. The standard InChI is InChI=1S/C53H88O20/c1-25(2)9-8-15-53(66,24-69-47-43(65)41(63)39(61)32(20-54)71-47)28-12-16-50(6)27(28)10-11-34-51(50,7)17-13-33-49(4,5)35(14-18-52(33,34)23-55)72-48-45(70-31-19-26(3)36(58)40(62)38(31)60)44(30(57)22-68-48)73-46-42(64)37(59)29(56)21-67-46/h9,23,26-48,54,56-66H,8,10-22,24H2,1-7H3. The molecular weight excluding hydrogens is 957 g/mol. The first-order chi connectivity index (χ1) is 34.3. The van der Waals surface area contributed by atoms with E-state index in [9.17, 15) is 66.1 Å². The van der Waals surface area contributed by atoms with Gasteiger partial charge in [-0.05, 0) is 130 Å². The number of ether oxygens (including phenoxy) is 7. The Morgan fingerprint density at radius 1 is 0.671 bits per heavy atom. The van der Waals surface area contributed by atoms with Crippen molar-refractivity contribution in [2.45, 2.75) is 235 Å². The summed E-state index contributed by atoms with van der Waals surface area (Å²) in [5.74, 6) is -0.817. The highest BCUT2D eigenvalue weighted by Crippen LogP contribution is 2.76. The second-order valence-corrected chi connectivity index (χ2v) is 24.9. The molecule has 5 aliphatic carbocycles. The summed E-state index contributed by atoms with van der Waals surface area (Å²) in [4.78, 5) is 14.2. The third-order valence-corrected chi connectivity index (χ3v) is 20.4. The highest BCUT2D eigenvalue weighted by Gasteiger charge is 2.71. The van der Waals surface area contributed by atoms with Crippen LogP contribution in [0.2, 0.25) is 0 Å². The summed E-state index contributed by atoms with van der Waals surface area (Å²) >= 11 is 0. The first-order valence-corrected chi connectivity index (χ1v) is 27.0. The molecule has 0 bridgehead atoms. The molecule has 12 N–H and O–H groups in total. The van der Waals surface area contributed by atoms with Crippen LogP contribution < -0.4 is 0 Å². The number of fused-ring (bicyclic) bond motifs is 5. The van der Waals surface area contributed by atoms with Crippen molar-refractivity contribution in [3.63, 3.8) is 0 Å². The Labute approximate surface area is 428 Å². The van der Waals surface area contributed by atoms with Gasteiger partial charge < -0.3 is 99.2 Å². The molecule has 3 heterocycles. The fourth-order valence-electron chi connectivity index (χ4n) is 15.9. The Bertz CT molecular complexity index is 1900. The molecule has 8 fully saturated rings. The number of carbonyl (C=O) groups is 1. The molecule has 20 nitrogen and oxygen atoms in total. The zero-order valence-corrected chi connectivity index (χ0v) is 43.7. The quantitative estimate of drug-likeness (QED) is 0.0581. The van der Waals surface area contributed by atoms with Gasteiger partial charge in [0.05, 0.1) is 50.3 Å². The number of rotatable bonds is 15. The molecule has 20 heteroatoms. The van der Waals surface area contributed by atoms with Crippen molar-refractivity contribution in [2.75, 3.05) is 26.4 Å². The van der Waals surface area contributed by atoms with E-state index in [-0.39, 0.29) is 60.7 Å². The molecule has 8 aliphatic rings. The van der Waals surface area contributed by atoms with Crippen LogP contribution in [0, 0.1) is 51.2 Å².